The van der Waals surface area contributed by atoms with Crippen LogP contribution in [0.25, 0.3) is 0 Å². The summed E-state index contributed by atoms with van der Waals surface area (Å²) in [4.78, 5) is 26.5. The van der Waals surface area contributed by atoms with Crippen molar-refractivity contribution in [1.29, 1.82) is 0 Å². The molecule has 0 aromatic rings. The maximum Gasteiger partial charge on any atom is 0.253 e. The maximum absolute atomic E-state index is 11.4. The van der Waals surface area contributed by atoms with Gasteiger partial charge >= 0.3 is 0 Å². The highest BCUT2D eigenvalue weighted by atomic mass is 16.2. The Morgan fingerprint density at radius 1 is 1.20 bits per heavy atom. The molecule has 1 unspecified atom stereocenters. The minimum atomic E-state index is -0.174. The predicted octanol–water partition coefficient (Wildman–Crippen LogP) is 0.396. The normalized spacial score (nSPS) is 24.2. The van der Waals surface area contributed by atoms with Gasteiger partial charge in [-0.3, -0.25) is 14.5 Å². The fourth-order valence-corrected chi connectivity index (χ4v) is 2.27. The Balaban J connectivity index is 1.92. The summed E-state index contributed by atoms with van der Waals surface area (Å²) in [6.45, 7) is 4.92. The molecular weight excluding hydrogens is 192 g/mol. The van der Waals surface area contributed by atoms with E-state index in [1.165, 1.54) is 29.9 Å². The molecule has 1 atom stereocenters. The van der Waals surface area contributed by atoms with E-state index in [-0.39, 0.29) is 17.9 Å². The third-order valence-electron chi connectivity index (χ3n) is 3.01. The molecule has 1 saturated heterocycles. The van der Waals surface area contributed by atoms with Gasteiger partial charge in [0.1, 0.15) is 0 Å². The van der Waals surface area contributed by atoms with Crippen LogP contribution in [0.2, 0.25) is 0 Å². The zero-order valence-corrected chi connectivity index (χ0v) is 8.98. The van der Waals surface area contributed by atoms with Gasteiger partial charge in [-0.25, -0.2) is 0 Å². The topological polar surface area (TPSA) is 40.6 Å². The highest BCUT2D eigenvalue weighted by Crippen LogP contribution is 2.13. The second-order valence-electron chi connectivity index (χ2n) is 4.24. The van der Waals surface area contributed by atoms with Crippen molar-refractivity contribution in [3.05, 3.63) is 12.2 Å². The van der Waals surface area contributed by atoms with Gasteiger partial charge < -0.3 is 4.90 Å². The van der Waals surface area contributed by atoms with Gasteiger partial charge in [-0.2, -0.15) is 0 Å². The van der Waals surface area contributed by atoms with Crippen LogP contribution in [0, 0.1) is 0 Å². The molecule has 0 bridgehead atoms. The number of carbonyl (C=O) groups is 2. The third-order valence-corrected chi connectivity index (χ3v) is 3.01. The average Bonchev–Trinajstić information content (AvgIpc) is 2.77. The number of imide groups is 1. The number of rotatable bonds is 3. The van der Waals surface area contributed by atoms with E-state index in [4.69, 9.17) is 0 Å². The molecule has 2 heterocycles. The van der Waals surface area contributed by atoms with Crippen molar-refractivity contribution in [2.24, 2.45) is 0 Å². The van der Waals surface area contributed by atoms with Crippen LogP contribution in [0.3, 0.4) is 0 Å². The minimum Gasteiger partial charge on any atom is -0.301 e. The number of nitrogens with zero attached hydrogens (tertiary/aromatic N) is 2. The first kappa shape index (κ1) is 10.4. The summed E-state index contributed by atoms with van der Waals surface area (Å²) < 4.78 is 0. The number of hydrogen-bond donors (Lipinski definition) is 0. The van der Waals surface area contributed by atoms with Gasteiger partial charge in [0.25, 0.3) is 11.8 Å². The lowest BCUT2D eigenvalue weighted by Gasteiger charge is -2.26. The van der Waals surface area contributed by atoms with E-state index < -0.39 is 0 Å². The highest BCUT2D eigenvalue weighted by Gasteiger charge is 2.29. The van der Waals surface area contributed by atoms with Crippen molar-refractivity contribution in [3.63, 3.8) is 0 Å². The zero-order valence-electron chi connectivity index (χ0n) is 8.98. The second-order valence-corrected chi connectivity index (χ2v) is 4.24. The molecule has 4 heteroatoms. The lowest BCUT2D eigenvalue weighted by atomic mass is 10.2. The van der Waals surface area contributed by atoms with Crippen LogP contribution in [0.4, 0.5) is 0 Å². The first-order valence-corrected chi connectivity index (χ1v) is 5.46. The number of likely N-dealkylation sites (tertiary alicyclic amines) is 1. The van der Waals surface area contributed by atoms with Crippen LogP contribution in [0.15, 0.2) is 12.2 Å². The van der Waals surface area contributed by atoms with Crippen molar-refractivity contribution < 1.29 is 9.59 Å². The Bertz CT molecular complexity index is 288. The molecule has 0 aromatic carbocycles. The van der Waals surface area contributed by atoms with Crippen molar-refractivity contribution in [1.82, 2.24) is 9.80 Å². The van der Waals surface area contributed by atoms with E-state index in [2.05, 4.69) is 4.90 Å². The van der Waals surface area contributed by atoms with Gasteiger partial charge in [0.2, 0.25) is 0 Å². The summed E-state index contributed by atoms with van der Waals surface area (Å²) in [5, 5.41) is 0. The van der Waals surface area contributed by atoms with E-state index >= 15 is 0 Å². The van der Waals surface area contributed by atoms with E-state index in [1.54, 1.807) is 0 Å². The minimum absolute atomic E-state index is 0.0156. The van der Waals surface area contributed by atoms with Gasteiger partial charge in [-0.15, -0.1) is 0 Å². The van der Waals surface area contributed by atoms with Gasteiger partial charge in [0.05, 0.1) is 6.04 Å². The van der Waals surface area contributed by atoms with Gasteiger partial charge in [-0.1, -0.05) is 0 Å². The molecule has 2 rings (SSSR count). The number of hydrogen-bond acceptors (Lipinski definition) is 3. The molecule has 2 amide bonds. The van der Waals surface area contributed by atoms with Crippen LogP contribution in [0.5, 0.6) is 0 Å². The fourth-order valence-electron chi connectivity index (χ4n) is 2.27. The Morgan fingerprint density at radius 3 is 2.27 bits per heavy atom. The molecule has 2 aliphatic heterocycles. The molecule has 0 aliphatic carbocycles. The Morgan fingerprint density at radius 2 is 1.73 bits per heavy atom. The van der Waals surface area contributed by atoms with Crippen LogP contribution in [-0.2, 0) is 9.59 Å². The lowest BCUT2D eigenvalue weighted by Crippen LogP contribution is -2.44. The third kappa shape index (κ3) is 2.09. The Kier molecular flexibility index (Phi) is 2.86. The van der Waals surface area contributed by atoms with E-state index in [1.807, 2.05) is 6.92 Å². The Hall–Kier alpha value is -1.16. The van der Waals surface area contributed by atoms with E-state index in [0.29, 0.717) is 0 Å². The molecule has 0 radical (unpaired) electrons. The molecule has 82 valence electrons. The molecule has 15 heavy (non-hydrogen) atoms. The van der Waals surface area contributed by atoms with Crippen LogP contribution >= 0.6 is 0 Å². The van der Waals surface area contributed by atoms with Gasteiger partial charge in [0.15, 0.2) is 0 Å². The largest absolute Gasteiger partial charge is 0.301 e. The quantitative estimate of drug-likeness (QED) is 0.630. The standard InChI is InChI=1S/C11H16N2O2/c1-9(8-12-6-2-3-7-12)13-10(14)4-5-11(13)15/h4-5,9H,2-3,6-8H2,1H3. The molecule has 0 saturated carbocycles. The van der Waals surface area contributed by atoms with E-state index in [9.17, 15) is 9.59 Å². The monoisotopic (exact) mass is 208 g/mol. The van der Waals surface area contributed by atoms with Gasteiger partial charge in [0, 0.05) is 18.7 Å². The molecule has 0 N–H and O–H groups in total. The smallest absolute Gasteiger partial charge is 0.253 e. The summed E-state index contributed by atoms with van der Waals surface area (Å²) in [6.07, 6.45) is 5.16. The number of amides is 2. The summed E-state index contributed by atoms with van der Waals surface area (Å²) in [5.74, 6) is -0.349. The SMILES string of the molecule is CC(CN1CCCC1)N1C(=O)C=CC1=O. The van der Waals surface area contributed by atoms with Crippen LogP contribution in [-0.4, -0.2) is 47.3 Å². The Labute approximate surface area is 89.5 Å². The maximum atomic E-state index is 11.4. The summed E-state index contributed by atoms with van der Waals surface area (Å²) in [5.41, 5.74) is 0. The average molecular weight is 208 g/mol. The van der Waals surface area contributed by atoms with Crippen LogP contribution < -0.4 is 0 Å². The fraction of sp³-hybridized carbons (Fsp3) is 0.636. The molecule has 1 fully saturated rings. The molecular formula is C11H16N2O2. The van der Waals surface area contributed by atoms with Crippen molar-refractivity contribution in [2.45, 2.75) is 25.8 Å². The first-order valence-electron chi connectivity index (χ1n) is 5.46. The first-order chi connectivity index (χ1) is 7.18. The second kappa shape index (κ2) is 4.14. The van der Waals surface area contributed by atoms with Crippen molar-refractivity contribution in [3.8, 4) is 0 Å². The molecule has 0 spiro atoms. The zero-order chi connectivity index (χ0) is 10.8. The van der Waals surface area contributed by atoms with E-state index in [0.717, 1.165) is 19.6 Å². The molecule has 2 aliphatic rings. The summed E-state index contributed by atoms with van der Waals surface area (Å²) in [6, 6.07) is -0.0156. The number of carbonyl (C=O) groups excluding carboxylic acids is 2. The van der Waals surface area contributed by atoms with Crippen molar-refractivity contribution in [2.75, 3.05) is 19.6 Å². The molecule has 0 aromatic heterocycles. The lowest BCUT2D eigenvalue weighted by molar-refractivity contribution is -0.139. The molecule has 4 nitrogen and oxygen atoms in total. The predicted molar refractivity (Wildman–Crippen MR) is 56.1 cm³/mol. The van der Waals surface area contributed by atoms with Crippen molar-refractivity contribution >= 4 is 11.8 Å². The van der Waals surface area contributed by atoms with Gasteiger partial charge in [-0.05, 0) is 32.9 Å². The highest BCUT2D eigenvalue weighted by molar-refractivity contribution is 6.13. The summed E-state index contributed by atoms with van der Waals surface area (Å²) >= 11 is 0. The summed E-state index contributed by atoms with van der Waals surface area (Å²) in [7, 11) is 0. The van der Waals surface area contributed by atoms with Crippen LogP contribution in [0.1, 0.15) is 19.8 Å².